The Morgan fingerprint density at radius 1 is 1.22 bits per heavy atom. The summed E-state index contributed by atoms with van der Waals surface area (Å²) in [4.78, 5) is 2.45. The Morgan fingerprint density at radius 3 is 2.44 bits per heavy atom. The number of halogens is 1. The van der Waals surface area contributed by atoms with Gasteiger partial charge in [-0.1, -0.05) is 46.5 Å². The lowest BCUT2D eigenvalue weighted by molar-refractivity contribution is 0.355. The SMILES string of the molecule is Cc1ccc(N(C)CC2(CBr)CCCC2)c(C)c1. The van der Waals surface area contributed by atoms with E-state index < -0.39 is 0 Å². The fourth-order valence-electron chi connectivity index (χ4n) is 3.28. The molecule has 1 aromatic rings. The normalized spacial score (nSPS) is 18.0. The second-order valence-electron chi connectivity index (χ2n) is 5.99. The van der Waals surface area contributed by atoms with E-state index >= 15 is 0 Å². The van der Waals surface area contributed by atoms with Crippen LogP contribution in [0.2, 0.25) is 0 Å². The van der Waals surface area contributed by atoms with Gasteiger partial charge in [-0.2, -0.15) is 0 Å². The Balaban J connectivity index is 2.13. The van der Waals surface area contributed by atoms with E-state index in [1.54, 1.807) is 0 Å². The van der Waals surface area contributed by atoms with Crippen molar-refractivity contribution in [2.24, 2.45) is 5.41 Å². The predicted octanol–water partition coefficient (Wildman–Crippen LogP) is 4.69. The summed E-state index contributed by atoms with van der Waals surface area (Å²) in [6.45, 7) is 5.55. The fourth-order valence-corrected chi connectivity index (χ4v) is 4.02. The third kappa shape index (κ3) is 2.90. The molecule has 0 atom stereocenters. The van der Waals surface area contributed by atoms with E-state index in [0.29, 0.717) is 5.41 Å². The fraction of sp³-hybridized carbons (Fsp3) is 0.625. The van der Waals surface area contributed by atoms with E-state index in [0.717, 1.165) is 5.33 Å². The van der Waals surface area contributed by atoms with Crippen LogP contribution < -0.4 is 4.90 Å². The molecule has 0 aliphatic heterocycles. The number of benzene rings is 1. The molecule has 1 nitrogen and oxygen atoms in total. The molecule has 1 aliphatic rings. The second kappa shape index (κ2) is 5.64. The topological polar surface area (TPSA) is 3.24 Å². The maximum Gasteiger partial charge on any atom is 0.0393 e. The lowest BCUT2D eigenvalue weighted by Gasteiger charge is -2.34. The van der Waals surface area contributed by atoms with Crippen molar-refractivity contribution in [1.82, 2.24) is 0 Å². The Kier molecular flexibility index (Phi) is 4.37. The van der Waals surface area contributed by atoms with Gasteiger partial charge in [-0.3, -0.25) is 0 Å². The van der Waals surface area contributed by atoms with Crippen molar-refractivity contribution in [3.63, 3.8) is 0 Å². The van der Waals surface area contributed by atoms with Crippen molar-refractivity contribution in [1.29, 1.82) is 0 Å². The number of alkyl halides is 1. The van der Waals surface area contributed by atoms with Crippen molar-refractivity contribution >= 4 is 21.6 Å². The van der Waals surface area contributed by atoms with Crippen molar-refractivity contribution in [3.05, 3.63) is 29.3 Å². The van der Waals surface area contributed by atoms with Crippen LogP contribution in [0.4, 0.5) is 5.69 Å². The first-order chi connectivity index (χ1) is 8.56. The van der Waals surface area contributed by atoms with Gasteiger partial charge in [-0.05, 0) is 43.7 Å². The zero-order valence-electron chi connectivity index (χ0n) is 11.8. The van der Waals surface area contributed by atoms with Gasteiger partial charge in [0.15, 0.2) is 0 Å². The molecule has 2 rings (SSSR count). The molecule has 0 radical (unpaired) electrons. The van der Waals surface area contributed by atoms with Crippen LogP contribution in [-0.4, -0.2) is 18.9 Å². The van der Waals surface area contributed by atoms with E-state index in [9.17, 15) is 0 Å². The van der Waals surface area contributed by atoms with Gasteiger partial charge >= 0.3 is 0 Å². The summed E-state index contributed by atoms with van der Waals surface area (Å²) in [5.41, 5.74) is 4.61. The minimum Gasteiger partial charge on any atom is -0.374 e. The Hall–Kier alpha value is -0.500. The van der Waals surface area contributed by atoms with E-state index in [2.05, 4.69) is 59.9 Å². The summed E-state index contributed by atoms with van der Waals surface area (Å²) in [5.74, 6) is 0. The first-order valence-corrected chi connectivity index (χ1v) is 8.03. The first kappa shape index (κ1) is 13.9. The van der Waals surface area contributed by atoms with Gasteiger partial charge in [0.25, 0.3) is 0 Å². The van der Waals surface area contributed by atoms with Gasteiger partial charge in [-0.15, -0.1) is 0 Å². The second-order valence-corrected chi connectivity index (χ2v) is 6.55. The van der Waals surface area contributed by atoms with Crippen LogP contribution in [0.5, 0.6) is 0 Å². The van der Waals surface area contributed by atoms with Gasteiger partial charge in [0.05, 0.1) is 0 Å². The third-order valence-electron chi connectivity index (χ3n) is 4.28. The summed E-state index contributed by atoms with van der Waals surface area (Å²) in [7, 11) is 2.24. The highest BCUT2D eigenvalue weighted by molar-refractivity contribution is 9.09. The monoisotopic (exact) mass is 309 g/mol. The molecule has 0 heterocycles. The van der Waals surface area contributed by atoms with Crippen LogP contribution in [0.3, 0.4) is 0 Å². The van der Waals surface area contributed by atoms with Gasteiger partial charge < -0.3 is 4.90 Å². The summed E-state index contributed by atoms with van der Waals surface area (Å²) in [6, 6.07) is 6.76. The molecule has 18 heavy (non-hydrogen) atoms. The maximum atomic E-state index is 3.74. The van der Waals surface area contributed by atoms with E-state index in [4.69, 9.17) is 0 Å². The summed E-state index contributed by atoms with van der Waals surface area (Å²) < 4.78 is 0. The first-order valence-electron chi connectivity index (χ1n) is 6.91. The van der Waals surface area contributed by atoms with Crippen LogP contribution in [0.1, 0.15) is 36.8 Å². The average molecular weight is 310 g/mol. The minimum absolute atomic E-state index is 0.492. The molecular weight excluding hydrogens is 286 g/mol. The summed E-state index contributed by atoms with van der Waals surface area (Å²) in [5, 5.41) is 1.13. The number of hydrogen-bond donors (Lipinski definition) is 0. The van der Waals surface area contributed by atoms with Crippen LogP contribution in [0.15, 0.2) is 18.2 Å². The highest BCUT2D eigenvalue weighted by Gasteiger charge is 2.34. The summed E-state index contributed by atoms with van der Waals surface area (Å²) in [6.07, 6.45) is 5.53. The average Bonchev–Trinajstić information content (AvgIpc) is 2.78. The van der Waals surface area contributed by atoms with Crippen molar-refractivity contribution in [3.8, 4) is 0 Å². The molecule has 0 N–H and O–H groups in total. The smallest absolute Gasteiger partial charge is 0.0393 e. The Labute approximate surface area is 120 Å². The van der Waals surface area contributed by atoms with Gasteiger partial charge in [0.2, 0.25) is 0 Å². The highest BCUT2D eigenvalue weighted by Crippen LogP contribution is 2.41. The molecule has 1 saturated carbocycles. The molecule has 100 valence electrons. The quantitative estimate of drug-likeness (QED) is 0.729. The van der Waals surface area contributed by atoms with Crippen LogP contribution in [-0.2, 0) is 0 Å². The summed E-state index contributed by atoms with van der Waals surface area (Å²) >= 11 is 3.74. The Morgan fingerprint density at radius 2 is 1.89 bits per heavy atom. The number of rotatable bonds is 4. The zero-order chi connectivity index (χ0) is 13.2. The van der Waals surface area contributed by atoms with Gasteiger partial charge in [0.1, 0.15) is 0 Å². The molecule has 0 aromatic heterocycles. The number of anilines is 1. The maximum absolute atomic E-state index is 3.74. The highest BCUT2D eigenvalue weighted by atomic mass is 79.9. The zero-order valence-corrected chi connectivity index (χ0v) is 13.4. The molecule has 0 unspecified atom stereocenters. The van der Waals surface area contributed by atoms with Crippen LogP contribution >= 0.6 is 15.9 Å². The minimum atomic E-state index is 0.492. The molecular formula is C16H24BrN. The molecule has 0 amide bonds. The molecule has 1 aliphatic carbocycles. The van der Waals surface area contributed by atoms with E-state index in [1.807, 2.05) is 0 Å². The van der Waals surface area contributed by atoms with Crippen molar-refractivity contribution in [2.45, 2.75) is 39.5 Å². The lowest BCUT2D eigenvalue weighted by atomic mass is 9.88. The van der Waals surface area contributed by atoms with Crippen LogP contribution in [0.25, 0.3) is 0 Å². The lowest BCUT2D eigenvalue weighted by Crippen LogP contribution is -2.35. The molecule has 1 aromatic carbocycles. The number of nitrogens with zero attached hydrogens (tertiary/aromatic N) is 1. The largest absolute Gasteiger partial charge is 0.374 e. The molecule has 2 heteroatoms. The van der Waals surface area contributed by atoms with E-state index in [-0.39, 0.29) is 0 Å². The van der Waals surface area contributed by atoms with Crippen LogP contribution in [0, 0.1) is 19.3 Å². The third-order valence-corrected chi connectivity index (χ3v) is 5.47. The molecule has 1 fully saturated rings. The number of hydrogen-bond acceptors (Lipinski definition) is 1. The Bertz CT molecular complexity index is 408. The molecule has 0 saturated heterocycles. The van der Waals surface area contributed by atoms with E-state index in [1.165, 1.54) is 49.0 Å². The van der Waals surface area contributed by atoms with Gasteiger partial charge in [-0.25, -0.2) is 0 Å². The molecule has 0 spiro atoms. The van der Waals surface area contributed by atoms with Gasteiger partial charge in [0, 0.05) is 24.6 Å². The van der Waals surface area contributed by atoms with Crippen molar-refractivity contribution in [2.75, 3.05) is 23.8 Å². The number of aryl methyl sites for hydroxylation is 2. The standard InChI is InChI=1S/C16H24BrN/c1-13-6-7-15(14(2)10-13)18(3)12-16(11-17)8-4-5-9-16/h6-7,10H,4-5,8-9,11-12H2,1-3H3. The predicted molar refractivity (Wildman–Crippen MR) is 83.9 cm³/mol. The van der Waals surface area contributed by atoms with Crippen molar-refractivity contribution < 1.29 is 0 Å². The molecule has 0 bridgehead atoms.